The lowest BCUT2D eigenvalue weighted by molar-refractivity contribution is -0.339. The quantitative estimate of drug-likeness (QED) is 0.236. The Bertz CT molecular complexity index is 377. The van der Waals surface area contributed by atoms with E-state index >= 15 is 0 Å². The van der Waals surface area contributed by atoms with Crippen molar-refractivity contribution in [3.05, 3.63) is 0 Å². The molecule has 0 aromatic heterocycles. The zero-order valence-electron chi connectivity index (χ0n) is 11.9. The third kappa shape index (κ3) is 3.36. The fourth-order valence-electron chi connectivity index (χ4n) is 2.69. The summed E-state index contributed by atoms with van der Waals surface area (Å²) in [4.78, 5) is 0. The monoisotopic (exact) mass is 342 g/mol. The molecule has 11 nitrogen and oxygen atoms in total. The van der Waals surface area contributed by atoms with Crippen LogP contribution in [0.5, 0.6) is 0 Å². The Hall–Kier alpha value is -0.440. The summed E-state index contributed by atoms with van der Waals surface area (Å²) in [5.41, 5.74) is 0. The van der Waals surface area contributed by atoms with Gasteiger partial charge in [0, 0.05) is 0 Å². The van der Waals surface area contributed by atoms with Crippen LogP contribution < -0.4 is 0 Å². The molecule has 2 aliphatic rings. The van der Waals surface area contributed by atoms with Crippen molar-refractivity contribution in [3.8, 4) is 0 Å². The molecular formula is C12H22O11. The molecule has 11 heteroatoms. The zero-order chi connectivity index (χ0) is 17.5. The van der Waals surface area contributed by atoms with Gasteiger partial charge >= 0.3 is 0 Å². The molecular weight excluding hydrogens is 320 g/mol. The minimum absolute atomic E-state index is 0.704. The van der Waals surface area contributed by atoms with Crippen LogP contribution in [-0.2, 0) is 9.47 Å². The first kappa shape index (κ1) is 18.9. The molecule has 0 spiro atoms. The van der Waals surface area contributed by atoms with E-state index in [0.29, 0.717) is 0 Å². The highest BCUT2D eigenvalue weighted by molar-refractivity contribution is 5.00. The fraction of sp³-hybridized carbons (Fsp3) is 1.00. The Labute approximate surface area is 130 Å². The van der Waals surface area contributed by atoms with Crippen LogP contribution in [0.15, 0.2) is 0 Å². The molecule has 0 amide bonds. The van der Waals surface area contributed by atoms with Gasteiger partial charge in [-0.05, 0) is 0 Å². The molecule has 0 bridgehead atoms. The van der Waals surface area contributed by atoms with Gasteiger partial charge in [-0.3, -0.25) is 0 Å². The van der Waals surface area contributed by atoms with E-state index in [-0.39, 0.29) is 0 Å². The number of aliphatic hydroxyl groups excluding tert-OH is 9. The van der Waals surface area contributed by atoms with Gasteiger partial charge in [-0.1, -0.05) is 0 Å². The van der Waals surface area contributed by atoms with Gasteiger partial charge in [-0.15, -0.1) is 0 Å². The van der Waals surface area contributed by atoms with E-state index in [1.165, 1.54) is 0 Å². The van der Waals surface area contributed by atoms with E-state index in [1.54, 1.807) is 0 Å². The van der Waals surface area contributed by atoms with Gasteiger partial charge in [0.05, 0.1) is 6.61 Å². The Morgan fingerprint density at radius 3 is 1.52 bits per heavy atom. The molecule has 0 radical (unpaired) electrons. The van der Waals surface area contributed by atoms with E-state index in [1.807, 2.05) is 0 Å². The summed E-state index contributed by atoms with van der Waals surface area (Å²) in [5, 5.41) is 86.6. The lowest BCUT2D eigenvalue weighted by atomic mass is 9.84. The first-order chi connectivity index (χ1) is 10.7. The second-order valence-electron chi connectivity index (χ2n) is 5.75. The van der Waals surface area contributed by atoms with Crippen molar-refractivity contribution in [2.75, 3.05) is 6.61 Å². The number of ether oxygens (including phenoxy) is 2. The van der Waals surface area contributed by atoms with Crippen molar-refractivity contribution in [1.29, 1.82) is 0 Å². The van der Waals surface area contributed by atoms with Crippen molar-refractivity contribution in [2.45, 2.75) is 67.3 Å². The van der Waals surface area contributed by atoms with Gasteiger partial charge in [0.2, 0.25) is 0 Å². The summed E-state index contributed by atoms with van der Waals surface area (Å²) in [6, 6.07) is 0. The van der Waals surface area contributed by atoms with Crippen LogP contribution in [0.3, 0.4) is 0 Å². The van der Waals surface area contributed by atoms with E-state index in [0.717, 1.165) is 0 Å². The summed E-state index contributed by atoms with van der Waals surface area (Å²) >= 11 is 0. The standard InChI is InChI=1S/C12H22O11/c13-1-2-3(14)4(15)10(21)12(22-2)23-11-8(19)6(17)5(16)7(18)9(11)20/h2-21H,1H2/t2-,3-,4-,5?,6-,7+,8-,9-,10?,11?,12?/m0/s1. The van der Waals surface area contributed by atoms with Gasteiger partial charge in [0.1, 0.15) is 61.0 Å². The van der Waals surface area contributed by atoms with Crippen molar-refractivity contribution < 1.29 is 55.4 Å². The summed E-state index contributed by atoms with van der Waals surface area (Å²) in [6.07, 6.45) is -18.9. The molecule has 1 aliphatic carbocycles. The Morgan fingerprint density at radius 1 is 0.609 bits per heavy atom. The van der Waals surface area contributed by atoms with Gasteiger partial charge in [0.15, 0.2) is 6.29 Å². The molecule has 1 heterocycles. The summed E-state index contributed by atoms with van der Waals surface area (Å²) in [7, 11) is 0. The molecule has 11 atom stereocenters. The van der Waals surface area contributed by atoms with Crippen LogP contribution in [0.4, 0.5) is 0 Å². The normalized spacial score (nSPS) is 54.9. The molecule has 1 saturated heterocycles. The van der Waals surface area contributed by atoms with Crippen LogP contribution in [0.25, 0.3) is 0 Å². The average Bonchev–Trinajstić information content (AvgIpc) is 2.54. The first-order valence-corrected chi connectivity index (χ1v) is 7.07. The smallest absolute Gasteiger partial charge is 0.187 e. The van der Waals surface area contributed by atoms with E-state index < -0.39 is 73.9 Å². The maximum atomic E-state index is 9.85. The summed E-state index contributed by atoms with van der Waals surface area (Å²) < 4.78 is 10.2. The molecule has 2 rings (SSSR count). The Kier molecular flexibility index (Phi) is 5.92. The highest BCUT2D eigenvalue weighted by atomic mass is 16.7. The Balaban J connectivity index is 2.13. The van der Waals surface area contributed by atoms with Crippen LogP contribution in [0.2, 0.25) is 0 Å². The third-order valence-electron chi connectivity index (χ3n) is 4.21. The van der Waals surface area contributed by atoms with E-state index in [9.17, 15) is 40.9 Å². The predicted molar refractivity (Wildman–Crippen MR) is 68.7 cm³/mol. The molecule has 23 heavy (non-hydrogen) atoms. The predicted octanol–water partition coefficient (Wildman–Crippen LogP) is -6.01. The molecule has 1 aliphatic heterocycles. The lowest BCUT2D eigenvalue weighted by Gasteiger charge is -2.45. The molecule has 1 saturated carbocycles. The molecule has 9 N–H and O–H groups in total. The van der Waals surface area contributed by atoms with Crippen LogP contribution in [0.1, 0.15) is 0 Å². The number of aliphatic hydroxyl groups is 9. The van der Waals surface area contributed by atoms with E-state index in [2.05, 4.69) is 0 Å². The number of hydrogen-bond donors (Lipinski definition) is 9. The third-order valence-corrected chi connectivity index (χ3v) is 4.21. The topological polar surface area (TPSA) is 201 Å². The zero-order valence-corrected chi connectivity index (χ0v) is 11.9. The lowest BCUT2D eigenvalue weighted by Crippen LogP contribution is -2.67. The van der Waals surface area contributed by atoms with Crippen molar-refractivity contribution in [1.82, 2.24) is 0 Å². The first-order valence-electron chi connectivity index (χ1n) is 7.07. The van der Waals surface area contributed by atoms with Crippen LogP contribution in [0, 0.1) is 0 Å². The maximum absolute atomic E-state index is 9.85. The largest absolute Gasteiger partial charge is 0.394 e. The minimum Gasteiger partial charge on any atom is -0.394 e. The molecule has 2 fully saturated rings. The molecule has 4 unspecified atom stereocenters. The fourth-order valence-corrected chi connectivity index (χ4v) is 2.69. The highest BCUT2D eigenvalue weighted by Crippen LogP contribution is 2.29. The van der Waals surface area contributed by atoms with Gasteiger partial charge in [0.25, 0.3) is 0 Å². The SMILES string of the molecule is OC[C@@H]1OC(OC2[C@@H](O)[C@H](O)C(O)[C@H](O)[C@@H]2O)C(O)[C@@H](O)[C@H]1O. The highest BCUT2D eigenvalue weighted by Gasteiger charge is 2.52. The van der Waals surface area contributed by atoms with Crippen molar-refractivity contribution in [3.63, 3.8) is 0 Å². The molecule has 0 aromatic carbocycles. The maximum Gasteiger partial charge on any atom is 0.187 e. The van der Waals surface area contributed by atoms with Gasteiger partial charge in [-0.2, -0.15) is 0 Å². The number of rotatable bonds is 3. The summed E-state index contributed by atoms with van der Waals surface area (Å²) in [5.74, 6) is 0. The van der Waals surface area contributed by atoms with Crippen LogP contribution in [-0.4, -0.2) is 120 Å². The van der Waals surface area contributed by atoms with Crippen molar-refractivity contribution in [2.24, 2.45) is 0 Å². The van der Waals surface area contributed by atoms with Gasteiger partial charge < -0.3 is 55.4 Å². The Morgan fingerprint density at radius 2 is 1.04 bits per heavy atom. The van der Waals surface area contributed by atoms with Crippen LogP contribution >= 0.6 is 0 Å². The average molecular weight is 342 g/mol. The van der Waals surface area contributed by atoms with Crippen molar-refractivity contribution >= 4 is 0 Å². The number of hydrogen-bond acceptors (Lipinski definition) is 11. The minimum atomic E-state index is -1.83. The van der Waals surface area contributed by atoms with Gasteiger partial charge in [-0.25, -0.2) is 0 Å². The summed E-state index contributed by atoms with van der Waals surface area (Å²) in [6.45, 7) is -0.704. The molecule has 136 valence electrons. The molecule has 0 aromatic rings. The second kappa shape index (κ2) is 7.21. The second-order valence-corrected chi connectivity index (χ2v) is 5.75. The van der Waals surface area contributed by atoms with E-state index in [4.69, 9.17) is 14.6 Å².